The maximum Gasteiger partial charge on any atom is 0.261 e. The lowest BCUT2D eigenvalue weighted by Gasteiger charge is -2.11. The van der Waals surface area contributed by atoms with Crippen LogP contribution < -0.4 is 14.8 Å². The van der Waals surface area contributed by atoms with Crippen LogP contribution >= 0.6 is 0 Å². The van der Waals surface area contributed by atoms with E-state index in [1.54, 1.807) is 50.2 Å². The summed E-state index contributed by atoms with van der Waals surface area (Å²) in [6.45, 7) is 3.60. The van der Waals surface area contributed by atoms with E-state index in [4.69, 9.17) is 4.74 Å². The minimum absolute atomic E-state index is 0.0958. The van der Waals surface area contributed by atoms with Crippen LogP contribution in [-0.2, 0) is 14.8 Å². The van der Waals surface area contributed by atoms with Crippen molar-refractivity contribution in [1.82, 2.24) is 0 Å². The number of rotatable bonds is 6. The fraction of sp³-hybridized carbons (Fsp3) is 0.235. The SMILES string of the molecule is COc1ccc(S(=O)(=O)Nc2ccc(NC(=O)C(C)C)cc2)cc1. The van der Waals surface area contributed by atoms with Crippen LogP contribution in [0.3, 0.4) is 0 Å². The predicted octanol–water partition coefficient (Wildman–Crippen LogP) is 3.09. The topological polar surface area (TPSA) is 84.5 Å². The second-order valence-corrected chi connectivity index (χ2v) is 7.18. The molecule has 0 radical (unpaired) electrons. The summed E-state index contributed by atoms with van der Waals surface area (Å²) < 4.78 is 32.2. The molecule has 0 heterocycles. The molecule has 0 fully saturated rings. The third-order valence-electron chi connectivity index (χ3n) is 3.30. The fourth-order valence-electron chi connectivity index (χ4n) is 1.88. The molecule has 0 saturated heterocycles. The summed E-state index contributed by atoms with van der Waals surface area (Å²) in [4.78, 5) is 11.8. The monoisotopic (exact) mass is 348 g/mol. The third-order valence-corrected chi connectivity index (χ3v) is 4.70. The number of ether oxygens (including phenoxy) is 1. The molecule has 1 amide bonds. The molecule has 2 N–H and O–H groups in total. The van der Waals surface area contributed by atoms with E-state index < -0.39 is 10.0 Å². The Balaban J connectivity index is 2.10. The van der Waals surface area contributed by atoms with E-state index in [9.17, 15) is 13.2 Å². The second-order valence-electron chi connectivity index (χ2n) is 5.50. The number of methoxy groups -OCH3 is 1. The van der Waals surface area contributed by atoms with Crippen molar-refractivity contribution >= 4 is 27.3 Å². The van der Waals surface area contributed by atoms with Crippen molar-refractivity contribution in [2.24, 2.45) is 5.92 Å². The minimum Gasteiger partial charge on any atom is -0.497 e. The third kappa shape index (κ3) is 4.48. The molecule has 0 bridgehead atoms. The summed E-state index contributed by atoms with van der Waals surface area (Å²) in [7, 11) is -2.17. The lowest BCUT2D eigenvalue weighted by molar-refractivity contribution is -0.118. The van der Waals surface area contributed by atoms with Crippen molar-refractivity contribution in [3.63, 3.8) is 0 Å². The van der Waals surface area contributed by atoms with Crippen molar-refractivity contribution in [3.8, 4) is 5.75 Å². The van der Waals surface area contributed by atoms with Crippen molar-refractivity contribution in [1.29, 1.82) is 0 Å². The highest BCUT2D eigenvalue weighted by Gasteiger charge is 2.14. The molecule has 0 aliphatic heterocycles. The van der Waals surface area contributed by atoms with Crippen LogP contribution in [0.4, 0.5) is 11.4 Å². The first-order valence-corrected chi connectivity index (χ1v) is 8.88. The summed E-state index contributed by atoms with van der Waals surface area (Å²) in [6.07, 6.45) is 0. The van der Waals surface area contributed by atoms with Crippen molar-refractivity contribution in [3.05, 3.63) is 48.5 Å². The minimum atomic E-state index is -3.68. The highest BCUT2D eigenvalue weighted by Crippen LogP contribution is 2.20. The lowest BCUT2D eigenvalue weighted by Crippen LogP contribution is -2.17. The smallest absolute Gasteiger partial charge is 0.261 e. The van der Waals surface area contributed by atoms with Crippen LogP contribution in [0.25, 0.3) is 0 Å². The van der Waals surface area contributed by atoms with Gasteiger partial charge in [0.2, 0.25) is 5.91 Å². The summed E-state index contributed by atoms with van der Waals surface area (Å²) >= 11 is 0. The van der Waals surface area contributed by atoms with Crippen LogP contribution in [0.1, 0.15) is 13.8 Å². The van der Waals surface area contributed by atoms with Gasteiger partial charge in [-0.05, 0) is 48.5 Å². The van der Waals surface area contributed by atoms with Crippen molar-refractivity contribution < 1.29 is 17.9 Å². The van der Waals surface area contributed by atoms with Gasteiger partial charge in [0.15, 0.2) is 0 Å². The zero-order valence-corrected chi connectivity index (χ0v) is 14.6. The Hall–Kier alpha value is -2.54. The van der Waals surface area contributed by atoms with Gasteiger partial charge in [-0.1, -0.05) is 13.8 Å². The molecule has 0 spiro atoms. The molecule has 0 aliphatic rings. The van der Waals surface area contributed by atoms with Gasteiger partial charge in [0.05, 0.1) is 12.0 Å². The van der Waals surface area contributed by atoms with Gasteiger partial charge < -0.3 is 10.1 Å². The molecule has 0 unspecified atom stereocenters. The zero-order chi connectivity index (χ0) is 17.7. The van der Waals surface area contributed by atoms with E-state index in [1.165, 1.54) is 19.2 Å². The van der Waals surface area contributed by atoms with E-state index in [1.807, 2.05) is 0 Å². The van der Waals surface area contributed by atoms with Crippen LogP contribution in [0.5, 0.6) is 5.75 Å². The highest BCUT2D eigenvalue weighted by molar-refractivity contribution is 7.92. The average Bonchev–Trinajstić information content (AvgIpc) is 2.56. The molecule has 0 aromatic heterocycles. The predicted molar refractivity (Wildman–Crippen MR) is 93.7 cm³/mol. The lowest BCUT2D eigenvalue weighted by atomic mass is 10.2. The standard InChI is InChI=1S/C17H20N2O4S/c1-12(2)17(20)18-13-4-6-14(7-5-13)19-24(21,22)16-10-8-15(23-3)9-11-16/h4-12,19H,1-3H3,(H,18,20). The molecule has 2 aromatic carbocycles. The Morgan fingerprint density at radius 2 is 1.50 bits per heavy atom. The number of nitrogens with one attached hydrogen (secondary N) is 2. The van der Waals surface area contributed by atoms with Gasteiger partial charge in [-0.3, -0.25) is 9.52 Å². The number of carbonyl (C=O) groups is 1. The quantitative estimate of drug-likeness (QED) is 0.840. The number of anilines is 2. The highest BCUT2D eigenvalue weighted by atomic mass is 32.2. The van der Waals surface area contributed by atoms with Crippen LogP contribution in [-0.4, -0.2) is 21.4 Å². The number of sulfonamides is 1. The van der Waals surface area contributed by atoms with Gasteiger partial charge in [0.25, 0.3) is 10.0 Å². The summed E-state index contributed by atoms with van der Waals surface area (Å²) in [6, 6.07) is 12.6. The van der Waals surface area contributed by atoms with Gasteiger partial charge >= 0.3 is 0 Å². The summed E-state index contributed by atoms with van der Waals surface area (Å²) in [5.74, 6) is 0.360. The van der Waals surface area contributed by atoms with Gasteiger partial charge in [-0.25, -0.2) is 8.42 Å². The maximum absolute atomic E-state index is 12.3. The van der Waals surface area contributed by atoms with Crippen molar-refractivity contribution in [2.75, 3.05) is 17.1 Å². The van der Waals surface area contributed by atoms with Gasteiger partial charge in [0, 0.05) is 17.3 Å². The van der Waals surface area contributed by atoms with E-state index in [2.05, 4.69) is 10.0 Å². The Morgan fingerprint density at radius 1 is 0.958 bits per heavy atom. The molecule has 2 aromatic rings. The van der Waals surface area contributed by atoms with Gasteiger partial charge in [-0.15, -0.1) is 0 Å². The molecule has 0 saturated carbocycles. The first-order chi connectivity index (χ1) is 11.3. The fourth-order valence-corrected chi connectivity index (χ4v) is 2.94. The Kier molecular flexibility index (Phi) is 5.46. The Labute approximate surface area is 141 Å². The second kappa shape index (κ2) is 7.35. The van der Waals surface area contributed by atoms with Gasteiger partial charge in [0.1, 0.15) is 5.75 Å². The summed E-state index contributed by atoms with van der Waals surface area (Å²) in [5, 5.41) is 2.75. The average molecular weight is 348 g/mol. The molecule has 0 atom stereocenters. The number of carbonyl (C=O) groups excluding carboxylic acids is 1. The van der Waals surface area contributed by atoms with Gasteiger partial charge in [-0.2, -0.15) is 0 Å². The number of amides is 1. The van der Waals surface area contributed by atoms with Crippen LogP contribution in [0, 0.1) is 5.92 Å². The van der Waals surface area contributed by atoms with E-state index >= 15 is 0 Å². The zero-order valence-electron chi connectivity index (χ0n) is 13.7. The molecular formula is C17H20N2O4S. The van der Waals surface area contributed by atoms with E-state index in [0.29, 0.717) is 17.1 Å². The van der Waals surface area contributed by atoms with E-state index in [-0.39, 0.29) is 16.7 Å². The molecule has 24 heavy (non-hydrogen) atoms. The summed E-state index contributed by atoms with van der Waals surface area (Å²) in [5.41, 5.74) is 1.02. The number of benzene rings is 2. The Bertz CT molecular complexity index is 797. The number of hydrogen-bond acceptors (Lipinski definition) is 4. The van der Waals surface area contributed by atoms with Crippen LogP contribution in [0.2, 0.25) is 0 Å². The normalized spacial score (nSPS) is 11.2. The largest absolute Gasteiger partial charge is 0.497 e. The van der Waals surface area contributed by atoms with E-state index in [0.717, 1.165) is 0 Å². The van der Waals surface area contributed by atoms with Crippen LogP contribution in [0.15, 0.2) is 53.4 Å². The molecule has 7 heteroatoms. The first kappa shape index (κ1) is 17.8. The molecule has 0 aliphatic carbocycles. The molecule has 6 nitrogen and oxygen atoms in total. The molecule has 128 valence electrons. The molecular weight excluding hydrogens is 328 g/mol. The van der Waals surface area contributed by atoms with Crippen molar-refractivity contribution in [2.45, 2.75) is 18.7 Å². The maximum atomic E-state index is 12.3. The molecule has 2 rings (SSSR count). The Morgan fingerprint density at radius 3 is 2.00 bits per heavy atom. The number of hydrogen-bond donors (Lipinski definition) is 2. The first-order valence-electron chi connectivity index (χ1n) is 7.39.